The lowest BCUT2D eigenvalue weighted by Crippen LogP contribution is -2.50. The van der Waals surface area contributed by atoms with E-state index in [1.165, 1.54) is 11.0 Å². The first kappa shape index (κ1) is 29.5. The monoisotopic (exact) mass is 532 g/mol. The van der Waals surface area contributed by atoms with E-state index in [2.05, 4.69) is 10.2 Å². The molecule has 1 aromatic carbocycles. The van der Waals surface area contributed by atoms with Gasteiger partial charge in [-0.1, -0.05) is 36.4 Å². The van der Waals surface area contributed by atoms with Crippen molar-refractivity contribution in [3.8, 4) is 0 Å². The number of hydrogen-bond donors (Lipinski definition) is 3. The van der Waals surface area contributed by atoms with Gasteiger partial charge in [0.25, 0.3) is 11.8 Å². The Labute approximate surface area is 222 Å². The van der Waals surface area contributed by atoms with Gasteiger partial charge in [-0.25, -0.2) is 18.4 Å². The van der Waals surface area contributed by atoms with Gasteiger partial charge in [-0.05, 0) is 45.1 Å². The number of halogens is 2. The van der Waals surface area contributed by atoms with E-state index in [4.69, 9.17) is 11.3 Å². The second-order valence-electron chi connectivity index (χ2n) is 10.4. The topological polar surface area (TPSA) is 107 Å². The molecular weight excluding hydrogens is 497 g/mol. The third-order valence-corrected chi connectivity index (χ3v) is 7.07. The van der Waals surface area contributed by atoms with E-state index in [0.717, 1.165) is 18.4 Å². The lowest BCUT2D eigenvalue weighted by molar-refractivity contribution is -0.131. The second-order valence-corrected chi connectivity index (χ2v) is 10.4. The van der Waals surface area contributed by atoms with Crippen LogP contribution in [0.15, 0.2) is 42.1 Å². The van der Waals surface area contributed by atoms with Crippen molar-refractivity contribution in [3.63, 3.8) is 0 Å². The van der Waals surface area contributed by atoms with E-state index >= 15 is 0 Å². The zero-order valence-electron chi connectivity index (χ0n) is 21.8. The van der Waals surface area contributed by atoms with Crippen molar-refractivity contribution in [2.24, 2.45) is 0 Å². The van der Waals surface area contributed by atoms with E-state index in [1.807, 2.05) is 6.07 Å². The Hall–Kier alpha value is -3.01. The maximum Gasteiger partial charge on any atom is 0.475 e. The second kappa shape index (κ2) is 12.7. The zero-order valence-corrected chi connectivity index (χ0v) is 21.8. The molecule has 9 nitrogen and oxygen atoms in total. The van der Waals surface area contributed by atoms with Crippen LogP contribution in [0, 0.1) is 6.57 Å². The summed E-state index contributed by atoms with van der Waals surface area (Å²) in [6, 6.07) is 8.55. The lowest BCUT2D eigenvalue weighted by atomic mass is 9.76. The molecule has 38 heavy (non-hydrogen) atoms. The first-order chi connectivity index (χ1) is 17.9. The van der Waals surface area contributed by atoms with Gasteiger partial charge < -0.3 is 25.0 Å². The highest BCUT2D eigenvalue weighted by molar-refractivity contribution is 6.43. The largest absolute Gasteiger partial charge is 0.475 e. The number of benzene rings is 1. The molecule has 206 valence electrons. The average Bonchev–Trinajstić information content (AvgIpc) is 3.26. The summed E-state index contributed by atoms with van der Waals surface area (Å²) in [4.78, 5) is 32.3. The van der Waals surface area contributed by atoms with Gasteiger partial charge in [-0.3, -0.25) is 9.69 Å². The van der Waals surface area contributed by atoms with Crippen LogP contribution in [0.1, 0.15) is 45.1 Å². The number of ether oxygens (including phenoxy) is 1. The fraction of sp³-hybridized carbons (Fsp3) is 0.577. The molecule has 12 heteroatoms. The molecule has 3 N–H and O–H groups in total. The van der Waals surface area contributed by atoms with Crippen LogP contribution < -0.4 is 5.32 Å². The van der Waals surface area contributed by atoms with Gasteiger partial charge in [0.15, 0.2) is 0 Å². The van der Waals surface area contributed by atoms with Crippen molar-refractivity contribution in [1.82, 2.24) is 15.1 Å². The SMILES string of the molecule is [C-]#[N+]C(=CC(C)(C)N1CCC(F)(F)C1)C(=O)N1CCCC[C@@H]1COC(=O)N[C@@H](Cc1ccccc1)B(O)O. The molecule has 0 aliphatic carbocycles. The molecular formula is C26H35BF2N4O5. The molecule has 2 amide bonds. The number of carbonyl (C=O) groups excluding carboxylic acids is 2. The Bertz CT molecular complexity index is 1050. The van der Waals surface area contributed by atoms with Gasteiger partial charge in [0.1, 0.15) is 6.61 Å². The molecule has 0 unspecified atom stereocenters. The molecule has 2 aliphatic rings. The summed E-state index contributed by atoms with van der Waals surface area (Å²) in [6.07, 6.45) is 2.59. The third-order valence-electron chi connectivity index (χ3n) is 7.07. The minimum absolute atomic E-state index is 0.135. The van der Waals surface area contributed by atoms with Crippen LogP contribution >= 0.6 is 0 Å². The maximum absolute atomic E-state index is 13.8. The van der Waals surface area contributed by atoms with Crippen LogP contribution in [0.5, 0.6) is 0 Å². The van der Waals surface area contributed by atoms with E-state index < -0.39 is 49.1 Å². The number of alkyl carbamates (subject to hydrolysis) is 1. The van der Waals surface area contributed by atoms with Gasteiger partial charge in [0.05, 0.1) is 25.1 Å². The van der Waals surface area contributed by atoms with Crippen molar-refractivity contribution in [1.29, 1.82) is 0 Å². The summed E-state index contributed by atoms with van der Waals surface area (Å²) in [6.45, 7) is 11.0. The van der Waals surface area contributed by atoms with Gasteiger partial charge in [0, 0.05) is 25.0 Å². The summed E-state index contributed by atoms with van der Waals surface area (Å²) in [5.74, 6) is -4.32. The summed E-state index contributed by atoms with van der Waals surface area (Å²) in [5, 5.41) is 21.9. The summed E-state index contributed by atoms with van der Waals surface area (Å²) in [5.41, 5.74) is -0.280. The fourth-order valence-electron chi connectivity index (χ4n) is 4.85. The van der Waals surface area contributed by atoms with Crippen molar-refractivity contribution in [2.45, 2.75) is 69.4 Å². The molecule has 0 saturated carbocycles. The van der Waals surface area contributed by atoms with Crippen LogP contribution in [0.2, 0.25) is 0 Å². The highest BCUT2D eigenvalue weighted by Gasteiger charge is 2.43. The molecule has 2 fully saturated rings. The normalized spacial score (nSPS) is 20.9. The predicted molar refractivity (Wildman–Crippen MR) is 138 cm³/mol. The van der Waals surface area contributed by atoms with Crippen LogP contribution in [0.25, 0.3) is 4.85 Å². The molecule has 3 rings (SSSR count). The first-order valence-corrected chi connectivity index (χ1v) is 12.8. The Balaban J connectivity index is 1.63. The van der Waals surface area contributed by atoms with Crippen LogP contribution in [0.4, 0.5) is 13.6 Å². The zero-order chi connectivity index (χ0) is 27.9. The lowest BCUT2D eigenvalue weighted by Gasteiger charge is -2.37. The van der Waals surface area contributed by atoms with E-state index in [9.17, 15) is 28.4 Å². The van der Waals surface area contributed by atoms with Gasteiger partial charge >= 0.3 is 13.2 Å². The number of nitrogens with one attached hydrogen (secondary N) is 1. The average molecular weight is 532 g/mol. The molecule has 0 spiro atoms. The summed E-state index contributed by atoms with van der Waals surface area (Å²) >= 11 is 0. The number of piperidine rings is 1. The minimum atomic E-state index is -2.80. The molecule has 2 saturated heterocycles. The summed E-state index contributed by atoms with van der Waals surface area (Å²) in [7, 11) is -1.80. The van der Waals surface area contributed by atoms with Crippen molar-refractivity contribution in [3.05, 3.63) is 59.1 Å². The summed E-state index contributed by atoms with van der Waals surface area (Å²) < 4.78 is 32.9. The van der Waals surface area contributed by atoms with Gasteiger partial charge in [-0.2, -0.15) is 0 Å². The molecule has 1 aromatic rings. The molecule has 2 heterocycles. The Kier molecular flexibility index (Phi) is 9.87. The van der Waals surface area contributed by atoms with Crippen LogP contribution in [0.3, 0.4) is 0 Å². The third kappa shape index (κ3) is 8.00. The minimum Gasteiger partial charge on any atom is -0.447 e. The molecule has 2 aliphatic heterocycles. The van der Waals surface area contributed by atoms with Gasteiger partial charge in [-0.15, -0.1) is 0 Å². The Morgan fingerprint density at radius 1 is 1.29 bits per heavy atom. The number of hydrogen-bond acceptors (Lipinski definition) is 6. The van der Waals surface area contributed by atoms with Crippen LogP contribution in [-0.4, -0.2) is 88.7 Å². The maximum atomic E-state index is 13.8. The van der Waals surface area contributed by atoms with Gasteiger partial charge in [0.2, 0.25) is 5.70 Å². The van der Waals surface area contributed by atoms with Crippen molar-refractivity contribution >= 4 is 19.1 Å². The highest BCUT2D eigenvalue weighted by atomic mass is 19.3. The number of alkyl halides is 2. The highest BCUT2D eigenvalue weighted by Crippen LogP contribution is 2.33. The molecule has 2 atom stereocenters. The van der Waals surface area contributed by atoms with Crippen molar-refractivity contribution in [2.75, 3.05) is 26.2 Å². The number of rotatable bonds is 9. The predicted octanol–water partition coefficient (Wildman–Crippen LogP) is 2.64. The number of carbonyl (C=O) groups is 2. The molecule has 0 radical (unpaired) electrons. The van der Waals surface area contributed by atoms with Crippen LogP contribution in [-0.2, 0) is 16.0 Å². The molecule has 0 aromatic heterocycles. The smallest absolute Gasteiger partial charge is 0.447 e. The quantitative estimate of drug-likeness (QED) is 0.257. The number of amides is 2. The molecule has 0 bridgehead atoms. The van der Waals surface area contributed by atoms with E-state index in [-0.39, 0.29) is 31.7 Å². The standard InChI is InChI=1S/C26H35BF2N4O5/c1-25(2,32-14-12-26(28,29)18-32)16-21(30-3)23(34)33-13-8-7-11-20(33)17-38-24(35)31-22(27(36)37)15-19-9-5-4-6-10-19/h4-6,9-10,16,20,22,36-37H,7-8,11-15,17-18H2,1-2H3,(H,31,35)/t20-,22+/m1/s1. The number of nitrogens with zero attached hydrogens (tertiary/aromatic N) is 3. The van der Waals surface area contributed by atoms with E-state index in [1.54, 1.807) is 43.0 Å². The van der Waals surface area contributed by atoms with Crippen molar-refractivity contribution < 1.29 is 33.2 Å². The first-order valence-electron chi connectivity index (χ1n) is 12.8. The fourth-order valence-corrected chi connectivity index (χ4v) is 4.85. The Morgan fingerprint density at radius 2 is 2.00 bits per heavy atom. The Morgan fingerprint density at radius 3 is 2.61 bits per heavy atom. The van der Waals surface area contributed by atoms with E-state index in [0.29, 0.717) is 13.0 Å². The number of likely N-dealkylation sites (tertiary alicyclic amines) is 2.